The number of nitrogens with zero attached hydrogens (tertiary/aromatic N) is 1. The highest BCUT2D eigenvalue weighted by Crippen LogP contribution is 2.18. The molecule has 522 valence electrons. The lowest BCUT2D eigenvalue weighted by molar-refractivity contribution is -0.870. The lowest BCUT2D eigenvalue weighted by atomic mass is 10.0. The average Bonchev–Trinajstić information content (AvgIpc) is 3.46. The van der Waals surface area contributed by atoms with Crippen LogP contribution in [-0.4, -0.2) is 82.3 Å². The molecule has 0 amide bonds. The minimum Gasteiger partial charge on any atom is -0.545 e. The van der Waals surface area contributed by atoms with Gasteiger partial charge < -0.3 is 33.3 Å². The van der Waals surface area contributed by atoms with Crippen LogP contribution in [0.3, 0.4) is 0 Å². The van der Waals surface area contributed by atoms with Crippen LogP contribution in [0.4, 0.5) is 0 Å². The lowest BCUT2D eigenvalue weighted by Gasteiger charge is -2.26. The van der Waals surface area contributed by atoms with Crippen LogP contribution in [0.25, 0.3) is 0 Å². The van der Waals surface area contributed by atoms with E-state index in [1.54, 1.807) is 0 Å². The number of allylic oxidation sites excluding steroid dienone is 20. The predicted octanol–water partition coefficient (Wildman–Crippen LogP) is 22.6. The molecule has 0 aromatic carbocycles. The van der Waals surface area contributed by atoms with E-state index in [-0.39, 0.29) is 38.6 Å². The van der Waals surface area contributed by atoms with Gasteiger partial charge in [0.1, 0.15) is 13.2 Å². The van der Waals surface area contributed by atoms with Crippen molar-refractivity contribution in [3.8, 4) is 0 Å². The molecule has 0 radical (unpaired) electrons. The van der Waals surface area contributed by atoms with Crippen molar-refractivity contribution in [3.05, 3.63) is 122 Å². The van der Waals surface area contributed by atoms with Gasteiger partial charge in [0.25, 0.3) is 0 Å². The van der Waals surface area contributed by atoms with Crippen molar-refractivity contribution >= 4 is 17.9 Å². The SMILES string of the molecule is CC/C=C\C/C=C\C/C=C\C/C=C\C/C=C\CCCCCCCCCCCCCCCCCCCCCCCCCC(=O)OC(COC(=O)CCCCCCCCCCCCC/C=C\C/C=C\C/C=C\C/C=C\C/C=C\CC)COC(OCC[N+](C)(C)C)C(=O)[O-]. The molecule has 0 bridgehead atoms. The molecule has 0 aromatic rings. The van der Waals surface area contributed by atoms with E-state index in [4.69, 9.17) is 18.9 Å². The van der Waals surface area contributed by atoms with Crippen molar-refractivity contribution in [1.82, 2.24) is 0 Å². The molecule has 0 rings (SSSR count). The Labute approximate surface area is 561 Å². The van der Waals surface area contributed by atoms with Crippen molar-refractivity contribution in [2.75, 3.05) is 47.5 Å². The van der Waals surface area contributed by atoms with Gasteiger partial charge in [0, 0.05) is 12.8 Å². The van der Waals surface area contributed by atoms with E-state index in [0.29, 0.717) is 17.4 Å². The number of likely N-dealkylation sites (N-methyl/N-ethyl adjacent to an activating group) is 1. The molecular formula is C82H141NO8. The van der Waals surface area contributed by atoms with Gasteiger partial charge in [0.05, 0.1) is 40.3 Å². The Morgan fingerprint density at radius 1 is 0.330 bits per heavy atom. The van der Waals surface area contributed by atoms with Crippen LogP contribution >= 0.6 is 0 Å². The molecule has 0 saturated carbocycles. The van der Waals surface area contributed by atoms with Gasteiger partial charge in [0.2, 0.25) is 0 Å². The third kappa shape index (κ3) is 73.0. The smallest absolute Gasteiger partial charge is 0.306 e. The number of unbranched alkanes of at least 4 members (excludes halogenated alkanes) is 34. The molecule has 0 aliphatic carbocycles. The highest BCUT2D eigenvalue weighted by molar-refractivity contribution is 5.70. The second kappa shape index (κ2) is 71.5. The van der Waals surface area contributed by atoms with Gasteiger partial charge >= 0.3 is 11.9 Å². The molecule has 0 aromatic heterocycles. The molecule has 9 nitrogen and oxygen atoms in total. The normalized spacial score (nSPS) is 13.4. The van der Waals surface area contributed by atoms with Gasteiger partial charge in [-0.1, -0.05) is 328 Å². The Bertz CT molecular complexity index is 1910. The highest BCUT2D eigenvalue weighted by atomic mass is 16.7. The molecule has 2 unspecified atom stereocenters. The van der Waals surface area contributed by atoms with Gasteiger partial charge in [0.15, 0.2) is 12.4 Å². The molecule has 0 heterocycles. The molecule has 91 heavy (non-hydrogen) atoms. The number of aliphatic carboxylic acids is 1. The fraction of sp³-hybridized carbons (Fsp3) is 0.720. The molecular weight excluding hydrogens is 1130 g/mol. The second-order valence-electron chi connectivity index (χ2n) is 26.2. The van der Waals surface area contributed by atoms with Gasteiger partial charge in [-0.05, 0) is 103 Å². The van der Waals surface area contributed by atoms with E-state index >= 15 is 0 Å². The summed E-state index contributed by atoms with van der Waals surface area (Å²) in [5.74, 6) is -2.28. The first-order valence-corrected chi connectivity index (χ1v) is 37.7. The van der Waals surface area contributed by atoms with Crippen LogP contribution in [0, 0.1) is 0 Å². The van der Waals surface area contributed by atoms with E-state index in [9.17, 15) is 19.5 Å². The zero-order valence-electron chi connectivity index (χ0n) is 59.7. The molecule has 0 saturated heterocycles. The predicted molar refractivity (Wildman–Crippen MR) is 389 cm³/mol. The summed E-state index contributed by atoms with van der Waals surface area (Å²) < 4.78 is 22.8. The van der Waals surface area contributed by atoms with Crippen LogP contribution < -0.4 is 5.11 Å². The number of carboxylic acid groups (broad SMARTS) is 1. The number of ether oxygens (including phenoxy) is 4. The second-order valence-corrected chi connectivity index (χ2v) is 26.2. The zero-order valence-corrected chi connectivity index (χ0v) is 59.7. The third-order valence-corrected chi connectivity index (χ3v) is 16.2. The topological polar surface area (TPSA) is 111 Å². The Morgan fingerprint density at radius 3 is 0.879 bits per heavy atom. The number of carbonyl (C=O) groups is 3. The first-order valence-electron chi connectivity index (χ1n) is 37.7. The summed E-state index contributed by atoms with van der Waals surface area (Å²) in [6, 6.07) is 0. The summed E-state index contributed by atoms with van der Waals surface area (Å²) in [6.07, 6.45) is 98.7. The molecule has 0 aliphatic rings. The van der Waals surface area contributed by atoms with Crippen LogP contribution in [0.15, 0.2) is 122 Å². The number of esters is 2. The summed E-state index contributed by atoms with van der Waals surface area (Å²) in [5, 5.41) is 11.8. The fourth-order valence-electron chi connectivity index (χ4n) is 10.5. The van der Waals surface area contributed by atoms with E-state index < -0.39 is 24.3 Å². The molecule has 9 heteroatoms. The number of quaternary nitrogens is 1. The monoisotopic (exact) mass is 1270 g/mol. The van der Waals surface area contributed by atoms with Crippen LogP contribution in [0.5, 0.6) is 0 Å². The molecule has 0 fully saturated rings. The Morgan fingerprint density at radius 2 is 0.593 bits per heavy atom. The minimum absolute atomic E-state index is 0.145. The quantitative estimate of drug-likeness (QED) is 0.0195. The van der Waals surface area contributed by atoms with Gasteiger partial charge in [-0.15, -0.1) is 0 Å². The number of carbonyl (C=O) groups excluding carboxylic acids is 3. The Hall–Kier alpha value is -4.31. The van der Waals surface area contributed by atoms with Crippen molar-refractivity contribution in [3.63, 3.8) is 0 Å². The Balaban J connectivity index is 4.03. The van der Waals surface area contributed by atoms with Crippen LogP contribution in [0.2, 0.25) is 0 Å². The van der Waals surface area contributed by atoms with Gasteiger partial charge in [-0.2, -0.15) is 0 Å². The highest BCUT2D eigenvalue weighted by Gasteiger charge is 2.22. The number of carboxylic acids is 1. The van der Waals surface area contributed by atoms with Crippen molar-refractivity contribution in [2.45, 2.75) is 334 Å². The van der Waals surface area contributed by atoms with E-state index in [1.165, 1.54) is 193 Å². The van der Waals surface area contributed by atoms with Crippen LogP contribution in [-0.2, 0) is 33.3 Å². The van der Waals surface area contributed by atoms with Crippen molar-refractivity contribution in [1.29, 1.82) is 0 Å². The molecule has 2 atom stereocenters. The third-order valence-electron chi connectivity index (χ3n) is 16.2. The number of hydrogen-bond acceptors (Lipinski definition) is 8. The average molecular weight is 1270 g/mol. The van der Waals surface area contributed by atoms with Gasteiger partial charge in [-0.25, -0.2) is 0 Å². The maximum atomic E-state index is 13.0. The molecule has 0 N–H and O–H groups in total. The summed E-state index contributed by atoms with van der Waals surface area (Å²) in [7, 11) is 5.94. The number of rotatable bonds is 69. The van der Waals surface area contributed by atoms with Crippen molar-refractivity contribution in [2.24, 2.45) is 0 Å². The first kappa shape index (κ1) is 86.7. The fourth-order valence-corrected chi connectivity index (χ4v) is 10.5. The molecule has 0 spiro atoms. The zero-order chi connectivity index (χ0) is 66.1. The lowest BCUT2D eigenvalue weighted by Crippen LogP contribution is -2.44. The summed E-state index contributed by atoms with van der Waals surface area (Å²) in [4.78, 5) is 37.6. The van der Waals surface area contributed by atoms with Crippen LogP contribution in [0.1, 0.15) is 322 Å². The summed E-state index contributed by atoms with van der Waals surface area (Å²) >= 11 is 0. The maximum Gasteiger partial charge on any atom is 0.306 e. The standard InChI is InChI=1S/C82H141NO8/c1-6-8-10-12-14-16-18-20-22-24-26-28-30-32-34-35-36-37-38-39-40-41-42-43-44-45-47-49-51-53-55-57-59-61-63-65-67-69-71-73-80(85)91-78(77-90-82(81(86)87)88-75-74-83(3,4)5)76-89-79(84)72-70-68-66-64-62-60-58-56-54-52-50-48-46-33-31-29-27-25-23-21-19-17-15-13-11-9-7-2/h8-11,14-17,20-23,26-29,32-34,46,78,82H,6-7,12-13,18-19,24-25,30-31,35-45,47-77H2,1-5H3/b10-8-,11-9-,16-14-,17-15-,22-20-,23-21-,28-26-,29-27-,34-32-,46-33-. The van der Waals surface area contributed by atoms with E-state index in [1.807, 2.05) is 21.1 Å². The van der Waals surface area contributed by atoms with E-state index in [2.05, 4.69) is 135 Å². The summed E-state index contributed by atoms with van der Waals surface area (Å²) in [6.45, 7) is 4.55. The minimum atomic E-state index is -1.63. The van der Waals surface area contributed by atoms with Gasteiger partial charge in [-0.3, -0.25) is 9.59 Å². The number of hydrogen-bond donors (Lipinski definition) is 0. The maximum absolute atomic E-state index is 13.0. The summed E-state index contributed by atoms with van der Waals surface area (Å²) in [5.41, 5.74) is 0. The first-order chi connectivity index (χ1) is 44.6. The molecule has 0 aliphatic heterocycles. The largest absolute Gasteiger partial charge is 0.545 e. The Kier molecular flexibility index (Phi) is 68.1. The van der Waals surface area contributed by atoms with Crippen molar-refractivity contribution < 1.29 is 42.9 Å². The van der Waals surface area contributed by atoms with E-state index in [0.717, 1.165) is 96.3 Å².